The van der Waals surface area contributed by atoms with Crippen LogP contribution in [0.2, 0.25) is 0 Å². The van der Waals surface area contributed by atoms with Crippen molar-refractivity contribution < 1.29 is 27.4 Å². The van der Waals surface area contributed by atoms with Gasteiger partial charge in [-0.3, -0.25) is 0 Å². The van der Waals surface area contributed by atoms with Crippen LogP contribution in [0.25, 0.3) is 10.9 Å². The number of ether oxygens (including phenoxy) is 1. The predicted octanol–water partition coefficient (Wildman–Crippen LogP) is 4.36. The topological polar surface area (TPSA) is 103 Å². The third-order valence-electron chi connectivity index (χ3n) is 6.32. The van der Waals surface area contributed by atoms with Crippen LogP contribution < -0.4 is 9.64 Å². The van der Waals surface area contributed by atoms with E-state index in [0.717, 1.165) is 0 Å². The number of nitrogens with one attached hydrogen (secondary N) is 1. The largest absolute Gasteiger partial charge is 0.495 e. The SMILES string of the molecule is COc1ccc(S(=O)(=O)c2c[nH]c3cc(F)ccc23)cc1N1CCN(C(=O)O)C(C(C)(C)C)C1. The number of H-pyrrole nitrogens is 1. The minimum atomic E-state index is -3.93. The average molecular weight is 490 g/mol. The van der Waals surface area contributed by atoms with Gasteiger partial charge in [0.1, 0.15) is 11.6 Å². The molecule has 1 saturated heterocycles. The molecule has 0 radical (unpaired) electrons. The van der Waals surface area contributed by atoms with Crippen molar-refractivity contribution in [2.75, 3.05) is 31.6 Å². The van der Waals surface area contributed by atoms with Gasteiger partial charge in [0.25, 0.3) is 0 Å². The van der Waals surface area contributed by atoms with Gasteiger partial charge >= 0.3 is 6.09 Å². The first-order valence-electron chi connectivity index (χ1n) is 10.9. The van der Waals surface area contributed by atoms with E-state index in [1.165, 1.54) is 42.5 Å². The van der Waals surface area contributed by atoms with Crippen LogP contribution in [0, 0.1) is 11.2 Å². The van der Waals surface area contributed by atoms with Crippen LogP contribution in [0.3, 0.4) is 0 Å². The number of methoxy groups -OCH3 is 1. The van der Waals surface area contributed by atoms with Crippen LogP contribution in [0.15, 0.2) is 52.4 Å². The van der Waals surface area contributed by atoms with Crippen molar-refractivity contribution in [2.24, 2.45) is 5.41 Å². The predicted molar refractivity (Wildman–Crippen MR) is 127 cm³/mol. The van der Waals surface area contributed by atoms with Gasteiger partial charge in [-0.2, -0.15) is 0 Å². The molecule has 3 aromatic rings. The summed E-state index contributed by atoms with van der Waals surface area (Å²) in [7, 11) is -2.42. The maximum atomic E-state index is 13.6. The first-order valence-corrected chi connectivity index (χ1v) is 12.4. The number of hydrogen-bond acceptors (Lipinski definition) is 5. The second-order valence-corrected chi connectivity index (χ2v) is 11.4. The molecule has 1 amide bonds. The Labute approximate surface area is 197 Å². The van der Waals surface area contributed by atoms with E-state index in [9.17, 15) is 22.7 Å². The molecule has 0 bridgehead atoms. The molecule has 1 aliphatic heterocycles. The van der Waals surface area contributed by atoms with E-state index in [-0.39, 0.29) is 27.8 Å². The Morgan fingerprint density at radius 3 is 2.56 bits per heavy atom. The molecule has 1 fully saturated rings. The van der Waals surface area contributed by atoms with Gasteiger partial charge in [0, 0.05) is 36.7 Å². The maximum Gasteiger partial charge on any atom is 0.407 e. The number of aromatic amines is 1. The number of anilines is 1. The summed E-state index contributed by atoms with van der Waals surface area (Å²) < 4.78 is 46.2. The van der Waals surface area contributed by atoms with Crippen molar-refractivity contribution in [3.8, 4) is 5.75 Å². The van der Waals surface area contributed by atoms with Crippen molar-refractivity contribution >= 4 is 32.5 Å². The molecule has 1 atom stereocenters. The highest BCUT2D eigenvalue weighted by atomic mass is 32.2. The number of rotatable bonds is 4. The first-order chi connectivity index (χ1) is 15.9. The number of piperazine rings is 1. The number of sulfone groups is 1. The molecule has 1 aromatic heterocycles. The third-order valence-corrected chi connectivity index (χ3v) is 8.11. The fraction of sp³-hybridized carbons (Fsp3) is 0.375. The summed E-state index contributed by atoms with van der Waals surface area (Å²) in [4.78, 5) is 18.2. The molecule has 8 nitrogen and oxygen atoms in total. The van der Waals surface area contributed by atoms with Gasteiger partial charge in [0.2, 0.25) is 9.84 Å². The molecule has 0 aliphatic carbocycles. The molecule has 0 saturated carbocycles. The summed E-state index contributed by atoms with van der Waals surface area (Å²) in [6.07, 6.45) is 0.392. The second kappa shape index (κ2) is 8.50. The van der Waals surface area contributed by atoms with Crippen LogP contribution in [0.4, 0.5) is 14.9 Å². The van der Waals surface area contributed by atoms with Crippen LogP contribution in [-0.2, 0) is 9.84 Å². The molecule has 1 unspecified atom stereocenters. The number of amides is 1. The third kappa shape index (κ3) is 4.18. The number of hydrogen-bond donors (Lipinski definition) is 2. The number of nitrogens with zero attached hydrogens (tertiary/aromatic N) is 2. The highest BCUT2D eigenvalue weighted by molar-refractivity contribution is 7.91. The minimum Gasteiger partial charge on any atom is -0.495 e. The zero-order chi connectivity index (χ0) is 24.8. The van der Waals surface area contributed by atoms with E-state index in [1.807, 2.05) is 25.7 Å². The van der Waals surface area contributed by atoms with Crippen molar-refractivity contribution in [2.45, 2.75) is 36.6 Å². The summed E-state index contributed by atoms with van der Waals surface area (Å²) in [5.74, 6) is 0.0373. The van der Waals surface area contributed by atoms with Gasteiger partial charge < -0.3 is 24.6 Å². The monoisotopic (exact) mass is 489 g/mol. The Hall–Kier alpha value is -3.27. The Bertz CT molecular complexity index is 1350. The Morgan fingerprint density at radius 1 is 1.18 bits per heavy atom. The Morgan fingerprint density at radius 2 is 1.91 bits per heavy atom. The molecule has 4 rings (SSSR count). The lowest BCUT2D eigenvalue weighted by Crippen LogP contribution is -2.59. The van der Waals surface area contributed by atoms with E-state index >= 15 is 0 Å². The molecule has 10 heteroatoms. The smallest absolute Gasteiger partial charge is 0.407 e. The molecule has 1 aliphatic rings. The van der Waals surface area contributed by atoms with Gasteiger partial charge in [-0.15, -0.1) is 0 Å². The fourth-order valence-corrected chi connectivity index (χ4v) is 5.93. The lowest BCUT2D eigenvalue weighted by molar-refractivity contribution is 0.0747. The van der Waals surface area contributed by atoms with Crippen molar-refractivity contribution in [1.29, 1.82) is 0 Å². The Kier molecular flexibility index (Phi) is 5.97. The molecular weight excluding hydrogens is 461 g/mol. The molecule has 2 heterocycles. The normalized spacial score (nSPS) is 17.3. The zero-order valence-corrected chi connectivity index (χ0v) is 20.3. The van der Waals surface area contributed by atoms with Gasteiger partial charge in [-0.1, -0.05) is 20.8 Å². The number of halogens is 1. The minimum absolute atomic E-state index is 0.0573. The molecule has 0 spiro atoms. The van der Waals surface area contributed by atoms with Crippen LogP contribution >= 0.6 is 0 Å². The van der Waals surface area contributed by atoms with E-state index in [0.29, 0.717) is 35.4 Å². The Balaban J connectivity index is 1.76. The van der Waals surface area contributed by atoms with E-state index in [1.54, 1.807) is 12.1 Å². The summed E-state index contributed by atoms with van der Waals surface area (Å²) in [5.41, 5.74) is 0.645. The zero-order valence-electron chi connectivity index (χ0n) is 19.5. The standard InChI is InChI=1S/C24H28FN3O5S/c1-24(2,3)22-14-27(9-10-28(22)23(29)30)19-12-16(6-8-20(19)33-4)34(31,32)21-13-26-18-11-15(25)5-7-17(18)21/h5-8,11-13,22,26H,9-10,14H2,1-4H3,(H,29,30). The first kappa shape index (κ1) is 23.9. The molecular formula is C24H28FN3O5S. The van der Waals surface area contributed by atoms with Crippen LogP contribution in [-0.4, -0.2) is 62.3 Å². The van der Waals surface area contributed by atoms with Gasteiger partial charge in [-0.05, 0) is 41.8 Å². The highest BCUT2D eigenvalue weighted by Crippen LogP contribution is 2.37. The average Bonchev–Trinajstić information content (AvgIpc) is 3.21. The number of fused-ring (bicyclic) bond motifs is 1. The number of aromatic nitrogens is 1. The van der Waals surface area contributed by atoms with E-state index < -0.39 is 21.7 Å². The van der Waals surface area contributed by atoms with Gasteiger partial charge in [0.05, 0.1) is 28.6 Å². The van der Waals surface area contributed by atoms with Crippen LogP contribution in [0.5, 0.6) is 5.75 Å². The summed E-state index contributed by atoms with van der Waals surface area (Å²) >= 11 is 0. The fourth-order valence-electron chi connectivity index (χ4n) is 4.48. The lowest BCUT2D eigenvalue weighted by Gasteiger charge is -2.46. The summed E-state index contributed by atoms with van der Waals surface area (Å²) in [5, 5.41) is 10.1. The van der Waals surface area contributed by atoms with E-state index in [2.05, 4.69) is 4.98 Å². The quantitative estimate of drug-likeness (QED) is 0.564. The number of carbonyl (C=O) groups is 1. The lowest BCUT2D eigenvalue weighted by atomic mass is 9.84. The van der Waals surface area contributed by atoms with Crippen molar-refractivity contribution in [3.63, 3.8) is 0 Å². The summed E-state index contributed by atoms with van der Waals surface area (Å²) in [6, 6.07) is 8.27. The van der Waals surface area contributed by atoms with Crippen molar-refractivity contribution in [3.05, 3.63) is 48.4 Å². The van der Waals surface area contributed by atoms with Gasteiger partial charge in [-0.25, -0.2) is 17.6 Å². The molecule has 34 heavy (non-hydrogen) atoms. The second-order valence-electron chi connectivity index (χ2n) is 9.48. The number of benzene rings is 2. The molecule has 182 valence electrons. The van der Waals surface area contributed by atoms with E-state index in [4.69, 9.17) is 4.74 Å². The highest BCUT2D eigenvalue weighted by Gasteiger charge is 2.39. The molecule has 2 aromatic carbocycles. The van der Waals surface area contributed by atoms with Crippen LogP contribution in [0.1, 0.15) is 20.8 Å². The maximum absolute atomic E-state index is 13.6. The van der Waals surface area contributed by atoms with Crippen molar-refractivity contribution in [1.82, 2.24) is 9.88 Å². The van der Waals surface area contributed by atoms with Gasteiger partial charge in [0.15, 0.2) is 0 Å². The summed E-state index contributed by atoms with van der Waals surface area (Å²) in [6.45, 7) is 7.01. The molecule has 2 N–H and O–H groups in total. The number of carboxylic acid groups (broad SMARTS) is 1.